The summed E-state index contributed by atoms with van der Waals surface area (Å²) in [7, 11) is 0. The molecule has 0 saturated heterocycles. The number of hydrogen-bond acceptors (Lipinski definition) is 4. The predicted octanol–water partition coefficient (Wildman–Crippen LogP) is 2.90. The Kier molecular flexibility index (Phi) is 7.02. The second kappa shape index (κ2) is 9.88. The Morgan fingerprint density at radius 1 is 0.839 bits per heavy atom. The molecule has 8 heteroatoms. The molecular weight excluding hydrogens is 398 g/mol. The molecule has 1 fully saturated rings. The first-order valence-electron chi connectivity index (χ1n) is 10.2. The van der Waals surface area contributed by atoms with E-state index in [1.54, 1.807) is 30.3 Å². The van der Waals surface area contributed by atoms with Gasteiger partial charge in [0.05, 0.1) is 11.8 Å². The van der Waals surface area contributed by atoms with Crippen LogP contribution in [0.2, 0.25) is 0 Å². The first kappa shape index (κ1) is 22.0. The Balaban J connectivity index is 1.54. The number of anilines is 1. The van der Waals surface area contributed by atoms with E-state index in [9.17, 15) is 24.3 Å². The average molecular weight is 423 g/mol. The van der Waals surface area contributed by atoms with Gasteiger partial charge in [-0.1, -0.05) is 30.5 Å². The Hall–Kier alpha value is -3.68. The third kappa shape index (κ3) is 5.69. The molecule has 4 N–H and O–H groups in total. The van der Waals surface area contributed by atoms with Crippen LogP contribution in [0.3, 0.4) is 0 Å². The third-order valence-corrected chi connectivity index (χ3v) is 5.40. The van der Waals surface area contributed by atoms with Gasteiger partial charge in [-0.25, -0.2) is 0 Å². The summed E-state index contributed by atoms with van der Waals surface area (Å²) in [5.74, 6) is -3.68. The molecule has 0 bridgehead atoms. The quantitative estimate of drug-likeness (QED) is 0.551. The molecule has 0 aliphatic heterocycles. The van der Waals surface area contributed by atoms with Gasteiger partial charge in [0.2, 0.25) is 5.91 Å². The fraction of sp³-hybridized carbons (Fsp3) is 0.304. The summed E-state index contributed by atoms with van der Waals surface area (Å²) in [4.78, 5) is 48.3. The van der Waals surface area contributed by atoms with Gasteiger partial charge in [0.15, 0.2) is 0 Å². The number of rotatable bonds is 5. The number of hydrazine groups is 1. The normalized spacial score (nSPS) is 18.0. The Morgan fingerprint density at radius 2 is 1.52 bits per heavy atom. The first-order chi connectivity index (χ1) is 14.8. The van der Waals surface area contributed by atoms with Crippen LogP contribution in [0.1, 0.15) is 52.0 Å². The lowest BCUT2D eigenvalue weighted by Crippen LogP contribution is -2.47. The van der Waals surface area contributed by atoms with Gasteiger partial charge >= 0.3 is 5.97 Å². The number of benzene rings is 2. The van der Waals surface area contributed by atoms with E-state index >= 15 is 0 Å². The molecular formula is C23H25N3O5. The maximum absolute atomic E-state index is 12.3. The van der Waals surface area contributed by atoms with E-state index in [1.165, 1.54) is 12.1 Å². The van der Waals surface area contributed by atoms with E-state index in [0.717, 1.165) is 18.4 Å². The number of carbonyl (C=O) groups is 4. The summed E-state index contributed by atoms with van der Waals surface area (Å²) in [5, 5.41) is 12.1. The van der Waals surface area contributed by atoms with Gasteiger partial charge in [0.1, 0.15) is 0 Å². The van der Waals surface area contributed by atoms with Gasteiger partial charge in [-0.3, -0.25) is 30.0 Å². The van der Waals surface area contributed by atoms with Gasteiger partial charge in [-0.2, -0.15) is 0 Å². The molecule has 1 aliphatic carbocycles. The van der Waals surface area contributed by atoms with Crippen molar-refractivity contribution < 1.29 is 24.3 Å². The first-order valence-corrected chi connectivity index (χ1v) is 10.2. The Bertz CT molecular complexity index is 987. The molecule has 8 nitrogen and oxygen atoms in total. The number of aliphatic carboxylic acids is 1. The van der Waals surface area contributed by atoms with Crippen molar-refractivity contribution in [2.24, 2.45) is 11.8 Å². The highest BCUT2D eigenvalue weighted by Crippen LogP contribution is 2.30. The van der Waals surface area contributed by atoms with Crippen molar-refractivity contribution in [3.8, 4) is 0 Å². The lowest BCUT2D eigenvalue weighted by Gasteiger charge is -2.27. The van der Waals surface area contributed by atoms with Crippen LogP contribution in [0.25, 0.3) is 0 Å². The predicted molar refractivity (Wildman–Crippen MR) is 114 cm³/mol. The largest absolute Gasteiger partial charge is 0.481 e. The lowest BCUT2D eigenvalue weighted by atomic mass is 9.79. The van der Waals surface area contributed by atoms with Crippen molar-refractivity contribution in [2.45, 2.75) is 32.6 Å². The van der Waals surface area contributed by atoms with Crippen LogP contribution in [-0.4, -0.2) is 28.8 Å². The van der Waals surface area contributed by atoms with Crippen LogP contribution in [0.4, 0.5) is 5.69 Å². The lowest BCUT2D eigenvalue weighted by molar-refractivity contribution is -0.149. The van der Waals surface area contributed by atoms with Crippen molar-refractivity contribution in [3.63, 3.8) is 0 Å². The molecule has 2 atom stereocenters. The molecule has 31 heavy (non-hydrogen) atoms. The minimum atomic E-state index is -0.991. The summed E-state index contributed by atoms with van der Waals surface area (Å²) < 4.78 is 0. The standard InChI is InChI=1S/C23H25N3O5/c1-14-5-4-6-16(13-14)20(27)24-17-11-9-15(10-12-17)21(28)25-26-22(29)18-7-2-3-8-19(18)23(30)31/h4-6,9-13,18-19H,2-3,7-8H2,1H3,(H,24,27)(H,25,28)(H,26,29)(H,30,31)/t18-,19-/m0/s1. The minimum Gasteiger partial charge on any atom is -0.481 e. The number of nitrogens with one attached hydrogen (secondary N) is 3. The van der Waals surface area contributed by atoms with Gasteiger partial charge in [0, 0.05) is 16.8 Å². The van der Waals surface area contributed by atoms with Crippen LogP contribution in [0.15, 0.2) is 48.5 Å². The Morgan fingerprint density at radius 3 is 2.16 bits per heavy atom. The summed E-state index contributed by atoms with van der Waals surface area (Å²) >= 11 is 0. The molecule has 1 saturated carbocycles. The smallest absolute Gasteiger partial charge is 0.307 e. The molecule has 0 heterocycles. The van der Waals surface area contributed by atoms with Crippen molar-refractivity contribution in [1.82, 2.24) is 10.9 Å². The van der Waals surface area contributed by atoms with E-state index in [-0.39, 0.29) is 11.5 Å². The second-order valence-corrected chi connectivity index (χ2v) is 7.68. The van der Waals surface area contributed by atoms with Crippen LogP contribution in [-0.2, 0) is 9.59 Å². The minimum absolute atomic E-state index is 0.256. The monoisotopic (exact) mass is 423 g/mol. The molecule has 3 rings (SSSR count). The molecule has 0 spiro atoms. The average Bonchev–Trinajstić information content (AvgIpc) is 2.77. The van der Waals surface area contributed by atoms with Gasteiger partial charge in [-0.05, 0) is 56.2 Å². The highest BCUT2D eigenvalue weighted by Gasteiger charge is 2.35. The van der Waals surface area contributed by atoms with E-state index < -0.39 is 29.6 Å². The van der Waals surface area contributed by atoms with Crippen LogP contribution in [0, 0.1) is 18.8 Å². The number of amides is 3. The molecule has 0 unspecified atom stereocenters. The zero-order chi connectivity index (χ0) is 22.4. The SMILES string of the molecule is Cc1cccc(C(=O)Nc2ccc(C(=O)NNC(=O)[C@H]3CCCC[C@@H]3C(=O)O)cc2)c1. The van der Waals surface area contributed by atoms with Crippen molar-refractivity contribution >= 4 is 29.4 Å². The fourth-order valence-corrected chi connectivity index (χ4v) is 3.72. The highest BCUT2D eigenvalue weighted by atomic mass is 16.4. The number of hydrogen-bond donors (Lipinski definition) is 4. The topological polar surface area (TPSA) is 125 Å². The number of carbonyl (C=O) groups excluding carboxylic acids is 3. The molecule has 1 aliphatic rings. The summed E-state index contributed by atoms with van der Waals surface area (Å²) in [6, 6.07) is 13.4. The van der Waals surface area contributed by atoms with Crippen molar-refractivity contribution in [3.05, 3.63) is 65.2 Å². The van der Waals surface area contributed by atoms with E-state index in [0.29, 0.717) is 24.1 Å². The van der Waals surface area contributed by atoms with E-state index in [1.807, 2.05) is 13.0 Å². The van der Waals surface area contributed by atoms with Crippen molar-refractivity contribution in [1.29, 1.82) is 0 Å². The number of carboxylic acid groups (broad SMARTS) is 1. The van der Waals surface area contributed by atoms with Gasteiger partial charge in [-0.15, -0.1) is 0 Å². The molecule has 0 radical (unpaired) electrons. The van der Waals surface area contributed by atoms with Crippen molar-refractivity contribution in [2.75, 3.05) is 5.32 Å². The molecule has 0 aromatic heterocycles. The fourth-order valence-electron chi connectivity index (χ4n) is 3.72. The van der Waals surface area contributed by atoms with E-state index in [2.05, 4.69) is 16.2 Å². The molecule has 2 aromatic carbocycles. The van der Waals surface area contributed by atoms with E-state index in [4.69, 9.17) is 0 Å². The summed E-state index contributed by atoms with van der Waals surface area (Å²) in [5.41, 5.74) is 6.99. The maximum atomic E-state index is 12.3. The Labute approximate surface area is 180 Å². The van der Waals surface area contributed by atoms with Crippen LogP contribution < -0.4 is 16.2 Å². The zero-order valence-electron chi connectivity index (χ0n) is 17.2. The molecule has 2 aromatic rings. The van der Waals surface area contributed by atoms with Crippen LogP contribution >= 0.6 is 0 Å². The van der Waals surface area contributed by atoms with Crippen LogP contribution in [0.5, 0.6) is 0 Å². The molecule has 3 amide bonds. The maximum Gasteiger partial charge on any atom is 0.307 e. The number of aryl methyl sites for hydroxylation is 1. The highest BCUT2D eigenvalue weighted by molar-refractivity contribution is 6.04. The summed E-state index contributed by atoms with van der Waals surface area (Å²) in [6.07, 6.45) is 2.50. The molecule has 162 valence electrons. The summed E-state index contributed by atoms with van der Waals surface area (Å²) in [6.45, 7) is 1.90. The van der Waals surface area contributed by atoms with Gasteiger partial charge < -0.3 is 10.4 Å². The zero-order valence-corrected chi connectivity index (χ0v) is 17.2. The third-order valence-electron chi connectivity index (χ3n) is 5.40. The second-order valence-electron chi connectivity index (χ2n) is 7.68. The number of carboxylic acids is 1. The van der Waals surface area contributed by atoms with Gasteiger partial charge in [0.25, 0.3) is 11.8 Å².